The van der Waals surface area contributed by atoms with E-state index in [1.54, 1.807) is 0 Å². The summed E-state index contributed by atoms with van der Waals surface area (Å²) in [6.07, 6.45) is 24.6. The Balaban J connectivity index is 1.75. The first kappa shape index (κ1) is 23.5. The van der Waals surface area contributed by atoms with Crippen LogP contribution in [0.4, 0.5) is 0 Å². The van der Waals surface area contributed by atoms with Gasteiger partial charge in [0.2, 0.25) is 5.91 Å². The summed E-state index contributed by atoms with van der Waals surface area (Å²) in [5.74, 6) is -0.126. The van der Waals surface area contributed by atoms with Gasteiger partial charge in [-0.15, -0.1) is 0 Å². The molecule has 3 heteroatoms. The lowest BCUT2D eigenvalue weighted by Gasteiger charge is -2.21. The largest absolute Gasteiger partial charge is 0.368 e. The molecule has 1 aliphatic heterocycles. The minimum Gasteiger partial charge on any atom is -0.368 e. The fourth-order valence-corrected chi connectivity index (χ4v) is 4.28. The minimum atomic E-state index is -0.126. The highest BCUT2D eigenvalue weighted by molar-refractivity contribution is 5.80. The number of amides is 1. The molecule has 1 fully saturated rings. The predicted octanol–water partition coefficient (Wildman–Crippen LogP) is 6.20. The van der Waals surface area contributed by atoms with E-state index in [2.05, 4.69) is 11.8 Å². The Hall–Kier alpha value is -0.570. The first-order chi connectivity index (χ1) is 12.8. The molecule has 154 valence electrons. The van der Waals surface area contributed by atoms with Gasteiger partial charge in [0, 0.05) is 0 Å². The molecular weight excluding hydrogens is 320 g/mol. The number of rotatable bonds is 18. The Morgan fingerprint density at radius 3 is 1.62 bits per heavy atom. The van der Waals surface area contributed by atoms with Gasteiger partial charge in [-0.05, 0) is 32.4 Å². The van der Waals surface area contributed by atoms with Gasteiger partial charge in [0.05, 0.1) is 6.04 Å². The van der Waals surface area contributed by atoms with E-state index in [0.717, 1.165) is 25.9 Å². The predicted molar refractivity (Wildman–Crippen MR) is 113 cm³/mol. The molecule has 1 saturated heterocycles. The van der Waals surface area contributed by atoms with Crippen LogP contribution in [0.5, 0.6) is 0 Å². The Bertz CT molecular complexity index is 332. The molecule has 0 bridgehead atoms. The van der Waals surface area contributed by atoms with Crippen LogP contribution in [0.1, 0.15) is 122 Å². The molecule has 0 aromatic rings. The average Bonchev–Trinajstić information content (AvgIpc) is 3.10. The summed E-state index contributed by atoms with van der Waals surface area (Å²) in [4.78, 5) is 13.7. The van der Waals surface area contributed by atoms with Gasteiger partial charge in [-0.25, -0.2) is 0 Å². The second-order valence-electron chi connectivity index (χ2n) is 8.40. The van der Waals surface area contributed by atoms with Gasteiger partial charge in [0.15, 0.2) is 0 Å². The van der Waals surface area contributed by atoms with Crippen LogP contribution in [0.2, 0.25) is 0 Å². The zero-order chi connectivity index (χ0) is 18.9. The van der Waals surface area contributed by atoms with E-state index in [1.807, 2.05) is 0 Å². The molecule has 0 spiro atoms. The van der Waals surface area contributed by atoms with E-state index in [-0.39, 0.29) is 11.9 Å². The average molecular weight is 367 g/mol. The van der Waals surface area contributed by atoms with Crippen LogP contribution in [0.15, 0.2) is 0 Å². The lowest BCUT2D eigenvalue weighted by Crippen LogP contribution is -2.40. The summed E-state index contributed by atoms with van der Waals surface area (Å²) in [5.41, 5.74) is 5.47. The molecule has 0 radical (unpaired) electrons. The second kappa shape index (κ2) is 16.6. The third-order valence-electron chi connectivity index (χ3n) is 5.99. The van der Waals surface area contributed by atoms with Crippen molar-refractivity contribution in [3.05, 3.63) is 0 Å². The van der Waals surface area contributed by atoms with Crippen molar-refractivity contribution in [2.75, 3.05) is 13.1 Å². The van der Waals surface area contributed by atoms with Crippen LogP contribution < -0.4 is 5.73 Å². The normalized spacial score (nSPS) is 17.8. The van der Waals surface area contributed by atoms with Crippen molar-refractivity contribution < 1.29 is 4.79 Å². The molecule has 1 unspecified atom stereocenters. The molecule has 26 heavy (non-hydrogen) atoms. The maximum atomic E-state index is 11.4. The second-order valence-corrected chi connectivity index (χ2v) is 8.40. The Morgan fingerprint density at radius 1 is 0.769 bits per heavy atom. The number of carbonyl (C=O) groups is 1. The quantitative estimate of drug-likeness (QED) is 0.294. The van der Waals surface area contributed by atoms with Crippen LogP contribution in [-0.4, -0.2) is 29.9 Å². The van der Waals surface area contributed by atoms with Crippen molar-refractivity contribution in [2.24, 2.45) is 5.73 Å². The molecular formula is C23H46N2O. The third-order valence-corrected chi connectivity index (χ3v) is 5.99. The monoisotopic (exact) mass is 366 g/mol. The van der Waals surface area contributed by atoms with Crippen molar-refractivity contribution in [3.63, 3.8) is 0 Å². The molecule has 1 aliphatic rings. The summed E-state index contributed by atoms with van der Waals surface area (Å²) < 4.78 is 0. The van der Waals surface area contributed by atoms with E-state index in [4.69, 9.17) is 5.73 Å². The van der Waals surface area contributed by atoms with Crippen molar-refractivity contribution in [1.82, 2.24) is 4.90 Å². The minimum absolute atomic E-state index is 0.0198. The zero-order valence-electron chi connectivity index (χ0n) is 17.7. The molecule has 0 aliphatic carbocycles. The van der Waals surface area contributed by atoms with Gasteiger partial charge < -0.3 is 5.73 Å². The lowest BCUT2D eigenvalue weighted by molar-refractivity contribution is -0.122. The maximum Gasteiger partial charge on any atom is 0.234 e. The molecule has 0 aromatic heterocycles. The first-order valence-corrected chi connectivity index (χ1v) is 11.8. The van der Waals surface area contributed by atoms with Crippen LogP contribution in [0.3, 0.4) is 0 Å². The van der Waals surface area contributed by atoms with Gasteiger partial charge in [-0.1, -0.05) is 103 Å². The zero-order valence-corrected chi connectivity index (χ0v) is 17.7. The summed E-state index contributed by atoms with van der Waals surface area (Å²) in [5, 5.41) is 0. The molecule has 2 N–H and O–H groups in total. The fourth-order valence-electron chi connectivity index (χ4n) is 4.28. The van der Waals surface area contributed by atoms with E-state index < -0.39 is 0 Å². The number of hydrogen-bond acceptors (Lipinski definition) is 2. The standard InChI is InChI=1S/C23H46N2O/c1-2-3-4-5-6-7-8-9-10-11-12-13-14-15-16-17-20-25-21-18-19-22(25)23(24)26/h22H,2-21H2,1H3,(H2,24,26). The number of hydrogen-bond donors (Lipinski definition) is 1. The van der Waals surface area contributed by atoms with Gasteiger partial charge in [-0.3, -0.25) is 9.69 Å². The Kier molecular flexibility index (Phi) is 15.0. The Labute approximate surface area is 163 Å². The van der Waals surface area contributed by atoms with Crippen LogP contribution in [0.25, 0.3) is 0 Å². The molecule has 3 nitrogen and oxygen atoms in total. The third kappa shape index (κ3) is 11.9. The van der Waals surface area contributed by atoms with Crippen LogP contribution in [-0.2, 0) is 4.79 Å². The maximum absolute atomic E-state index is 11.4. The number of nitrogens with two attached hydrogens (primary N) is 1. The highest BCUT2D eigenvalue weighted by Gasteiger charge is 2.27. The fraction of sp³-hybridized carbons (Fsp3) is 0.957. The number of nitrogens with zero attached hydrogens (tertiary/aromatic N) is 1. The number of likely N-dealkylation sites (tertiary alicyclic amines) is 1. The van der Waals surface area contributed by atoms with E-state index in [1.165, 1.54) is 103 Å². The summed E-state index contributed by atoms with van der Waals surface area (Å²) >= 11 is 0. The van der Waals surface area contributed by atoms with E-state index in [0.29, 0.717) is 0 Å². The molecule has 0 saturated carbocycles. The molecule has 1 rings (SSSR count). The number of unbranched alkanes of at least 4 members (excludes halogenated alkanes) is 15. The number of primary amides is 1. The van der Waals surface area contributed by atoms with Crippen LogP contribution >= 0.6 is 0 Å². The van der Waals surface area contributed by atoms with E-state index >= 15 is 0 Å². The summed E-state index contributed by atoms with van der Waals surface area (Å²) in [7, 11) is 0. The Morgan fingerprint density at radius 2 is 1.19 bits per heavy atom. The van der Waals surface area contributed by atoms with Gasteiger partial charge >= 0.3 is 0 Å². The van der Waals surface area contributed by atoms with Gasteiger partial charge in [0.1, 0.15) is 0 Å². The highest BCUT2D eigenvalue weighted by atomic mass is 16.1. The van der Waals surface area contributed by atoms with Gasteiger partial charge in [0.25, 0.3) is 0 Å². The topological polar surface area (TPSA) is 46.3 Å². The summed E-state index contributed by atoms with van der Waals surface area (Å²) in [6.45, 7) is 4.41. The van der Waals surface area contributed by atoms with Crippen molar-refractivity contribution in [2.45, 2.75) is 129 Å². The first-order valence-electron chi connectivity index (χ1n) is 11.8. The van der Waals surface area contributed by atoms with Crippen molar-refractivity contribution in [1.29, 1.82) is 0 Å². The highest BCUT2D eigenvalue weighted by Crippen LogP contribution is 2.18. The molecule has 0 aromatic carbocycles. The van der Waals surface area contributed by atoms with E-state index in [9.17, 15) is 4.79 Å². The molecule has 1 heterocycles. The summed E-state index contributed by atoms with van der Waals surface area (Å²) in [6, 6.07) is 0.0198. The van der Waals surface area contributed by atoms with Gasteiger partial charge in [-0.2, -0.15) is 0 Å². The van der Waals surface area contributed by atoms with Crippen molar-refractivity contribution >= 4 is 5.91 Å². The van der Waals surface area contributed by atoms with Crippen LogP contribution in [0, 0.1) is 0 Å². The molecule has 1 amide bonds. The SMILES string of the molecule is CCCCCCCCCCCCCCCCCCN1CCCC1C(N)=O. The smallest absolute Gasteiger partial charge is 0.234 e. The molecule has 1 atom stereocenters. The lowest BCUT2D eigenvalue weighted by atomic mass is 10.0. The van der Waals surface area contributed by atoms with Crippen molar-refractivity contribution in [3.8, 4) is 0 Å². The number of carbonyl (C=O) groups excluding carboxylic acids is 1.